The third-order valence-corrected chi connectivity index (χ3v) is 4.04. The van der Waals surface area contributed by atoms with Crippen LogP contribution in [0.15, 0.2) is 34.7 Å². The quantitative estimate of drug-likeness (QED) is 0.741. The molecule has 1 aromatic heterocycles. The molecular weight excluding hydrogens is 341 g/mol. The average molecular weight is 359 g/mol. The van der Waals surface area contributed by atoms with Gasteiger partial charge >= 0.3 is 0 Å². The van der Waals surface area contributed by atoms with Crippen LogP contribution in [0.3, 0.4) is 0 Å². The third-order valence-electron chi connectivity index (χ3n) is 4.04. The van der Waals surface area contributed by atoms with Gasteiger partial charge in [-0.2, -0.15) is 0 Å². The van der Waals surface area contributed by atoms with Crippen LogP contribution in [0, 0.1) is 12.7 Å². The summed E-state index contributed by atoms with van der Waals surface area (Å²) in [5, 5.41) is 3.27. The topological polar surface area (TPSA) is 69.9 Å². The number of aryl methyl sites for hydroxylation is 1. The smallest absolute Gasteiger partial charge is 0.291 e. The highest BCUT2D eigenvalue weighted by atomic mass is 19.1. The van der Waals surface area contributed by atoms with Crippen LogP contribution >= 0.6 is 0 Å². The molecule has 2 aromatic carbocycles. The molecule has 0 fully saturated rings. The van der Waals surface area contributed by atoms with Gasteiger partial charge in [0.1, 0.15) is 0 Å². The van der Waals surface area contributed by atoms with Crippen molar-refractivity contribution in [2.45, 2.75) is 6.92 Å². The number of carbonyl (C=O) groups excluding carboxylic acids is 1. The summed E-state index contributed by atoms with van der Waals surface area (Å²) in [6, 6.07) is 7.75. The van der Waals surface area contributed by atoms with E-state index in [-0.39, 0.29) is 11.3 Å². The number of fused-ring (bicyclic) bond motifs is 1. The average Bonchev–Trinajstić information content (AvgIpc) is 2.99. The number of ether oxygens (including phenoxy) is 3. The molecule has 0 unspecified atom stereocenters. The zero-order chi connectivity index (χ0) is 18.8. The fourth-order valence-electron chi connectivity index (χ4n) is 2.77. The molecular formula is C19H18FNO5. The molecule has 26 heavy (non-hydrogen) atoms. The van der Waals surface area contributed by atoms with Crippen molar-refractivity contribution in [1.82, 2.24) is 0 Å². The summed E-state index contributed by atoms with van der Waals surface area (Å²) >= 11 is 0. The van der Waals surface area contributed by atoms with Crippen molar-refractivity contribution in [2.75, 3.05) is 26.6 Å². The number of rotatable bonds is 5. The van der Waals surface area contributed by atoms with Crippen LogP contribution in [-0.4, -0.2) is 27.2 Å². The van der Waals surface area contributed by atoms with Gasteiger partial charge in [0.2, 0.25) is 5.75 Å². The maximum absolute atomic E-state index is 13.9. The number of carbonyl (C=O) groups is 1. The number of hydrogen-bond donors (Lipinski definition) is 1. The lowest BCUT2D eigenvalue weighted by Gasteiger charge is -2.14. The molecule has 6 nitrogen and oxygen atoms in total. The van der Waals surface area contributed by atoms with E-state index in [1.165, 1.54) is 27.4 Å². The first kappa shape index (κ1) is 17.6. The number of amides is 1. The fourth-order valence-corrected chi connectivity index (χ4v) is 2.77. The number of anilines is 1. The lowest BCUT2D eigenvalue weighted by atomic mass is 10.1. The second kappa shape index (κ2) is 6.95. The van der Waals surface area contributed by atoms with Gasteiger partial charge in [-0.1, -0.05) is 12.1 Å². The van der Waals surface area contributed by atoms with E-state index in [9.17, 15) is 9.18 Å². The van der Waals surface area contributed by atoms with Gasteiger partial charge in [-0.05, 0) is 13.0 Å². The summed E-state index contributed by atoms with van der Waals surface area (Å²) in [6.07, 6.45) is 0. The van der Waals surface area contributed by atoms with Crippen molar-refractivity contribution >= 4 is 22.6 Å². The highest BCUT2D eigenvalue weighted by Gasteiger charge is 2.21. The van der Waals surface area contributed by atoms with Crippen molar-refractivity contribution in [3.63, 3.8) is 0 Å². The van der Waals surface area contributed by atoms with Crippen LogP contribution in [0.2, 0.25) is 0 Å². The number of para-hydroxylation sites is 1. The van der Waals surface area contributed by atoms with E-state index in [1.54, 1.807) is 31.2 Å². The van der Waals surface area contributed by atoms with Gasteiger partial charge in [0, 0.05) is 28.8 Å². The predicted molar refractivity (Wildman–Crippen MR) is 95.0 cm³/mol. The van der Waals surface area contributed by atoms with Crippen molar-refractivity contribution in [3.05, 3.63) is 47.5 Å². The Morgan fingerprint density at radius 3 is 2.27 bits per heavy atom. The molecule has 0 aliphatic heterocycles. The summed E-state index contributed by atoms with van der Waals surface area (Å²) < 4.78 is 35.1. The molecule has 0 aliphatic rings. The molecule has 0 aliphatic carbocycles. The van der Waals surface area contributed by atoms with Crippen LogP contribution in [0.5, 0.6) is 17.2 Å². The maximum Gasteiger partial charge on any atom is 0.291 e. The monoisotopic (exact) mass is 359 g/mol. The van der Waals surface area contributed by atoms with Crippen molar-refractivity contribution in [1.29, 1.82) is 0 Å². The minimum absolute atomic E-state index is 0.0406. The Kier molecular flexibility index (Phi) is 4.71. The van der Waals surface area contributed by atoms with Crippen LogP contribution in [0.4, 0.5) is 10.1 Å². The van der Waals surface area contributed by atoms with Gasteiger partial charge in [0.15, 0.2) is 28.7 Å². The number of benzene rings is 2. The van der Waals surface area contributed by atoms with E-state index in [2.05, 4.69) is 5.32 Å². The molecule has 0 atom stereocenters. The zero-order valence-corrected chi connectivity index (χ0v) is 14.8. The molecule has 3 rings (SSSR count). The van der Waals surface area contributed by atoms with Crippen molar-refractivity contribution in [2.24, 2.45) is 0 Å². The molecule has 1 N–H and O–H groups in total. The second-order valence-corrected chi connectivity index (χ2v) is 5.54. The first-order valence-electron chi connectivity index (χ1n) is 7.79. The summed E-state index contributed by atoms with van der Waals surface area (Å²) in [4.78, 5) is 12.6. The first-order chi connectivity index (χ1) is 12.5. The maximum atomic E-state index is 13.9. The fraction of sp³-hybridized carbons (Fsp3) is 0.211. The van der Waals surface area contributed by atoms with Crippen LogP contribution in [0.25, 0.3) is 11.0 Å². The zero-order valence-electron chi connectivity index (χ0n) is 14.8. The number of halogens is 1. The molecule has 0 radical (unpaired) electrons. The molecule has 0 spiro atoms. The van der Waals surface area contributed by atoms with Gasteiger partial charge in [0.05, 0.1) is 21.3 Å². The molecule has 0 saturated heterocycles. The third kappa shape index (κ3) is 2.92. The minimum atomic E-state index is -0.516. The SMILES string of the molecule is COc1cc(NC(=O)c2oc3c(F)cccc3c2C)cc(OC)c1OC. The Morgan fingerprint density at radius 1 is 1.08 bits per heavy atom. The van der Waals surface area contributed by atoms with E-state index < -0.39 is 11.7 Å². The lowest BCUT2D eigenvalue weighted by Crippen LogP contribution is -2.12. The van der Waals surface area contributed by atoms with Gasteiger partial charge in [-0.15, -0.1) is 0 Å². The van der Waals surface area contributed by atoms with E-state index in [4.69, 9.17) is 18.6 Å². The minimum Gasteiger partial charge on any atom is -0.493 e. The number of furan rings is 1. The highest BCUT2D eigenvalue weighted by Crippen LogP contribution is 2.40. The van der Waals surface area contributed by atoms with Gasteiger partial charge in [-0.3, -0.25) is 4.79 Å². The van der Waals surface area contributed by atoms with Crippen molar-refractivity contribution < 1.29 is 27.8 Å². The molecule has 0 saturated carbocycles. The van der Waals surface area contributed by atoms with Crippen molar-refractivity contribution in [3.8, 4) is 17.2 Å². The van der Waals surface area contributed by atoms with Gasteiger partial charge in [-0.25, -0.2) is 4.39 Å². The van der Waals surface area contributed by atoms with E-state index in [0.717, 1.165) is 0 Å². The lowest BCUT2D eigenvalue weighted by molar-refractivity contribution is 0.0997. The van der Waals surface area contributed by atoms with Gasteiger partial charge < -0.3 is 23.9 Å². The van der Waals surface area contributed by atoms with Crippen LogP contribution in [-0.2, 0) is 0 Å². The Bertz CT molecular complexity index is 954. The summed E-state index contributed by atoms with van der Waals surface area (Å²) in [5.74, 6) is 0.225. The number of methoxy groups -OCH3 is 3. The number of hydrogen-bond acceptors (Lipinski definition) is 5. The molecule has 136 valence electrons. The highest BCUT2D eigenvalue weighted by molar-refractivity contribution is 6.06. The van der Waals surface area contributed by atoms with Crippen LogP contribution in [0.1, 0.15) is 16.1 Å². The summed E-state index contributed by atoms with van der Waals surface area (Å²) in [5.41, 5.74) is 1.04. The largest absolute Gasteiger partial charge is 0.493 e. The summed E-state index contributed by atoms with van der Waals surface area (Å²) in [6.45, 7) is 1.70. The number of nitrogens with one attached hydrogen (secondary N) is 1. The second-order valence-electron chi connectivity index (χ2n) is 5.54. The Hall–Kier alpha value is -3.22. The van der Waals surface area contributed by atoms with E-state index in [0.29, 0.717) is 33.9 Å². The Morgan fingerprint density at radius 2 is 1.73 bits per heavy atom. The molecule has 1 heterocycles. The molecule has 3 aromatic rings. The Labute approximate surface area is 149 Å². The molecule has 7 heteroatoms. The first-order valence-corrected chi connectivity index (χ1v) is 7.79. The van der Waals surface area contributed by atoms with E-state index >= 15 is 0 Å². The molecule has 0 bridgehead atoms. The molecule has 1 amide bonds. The van der Waals surface area contributed by atoms with Crippen LogP contribution < -0.4 is 19.5 Å². The predicted octanol–water partition coefficient (Wildman–Crippen LogP) is 4.16. The standard InChI is InChI=1S/C19H18FNO5/c1-10-12-6-5-7-13(20)17(12)26-16(10)19(22)21-11-8-14(23-2)18(25-4)15(9-11)24-3/h5-9H,1-4H3,(H,21,22). The summed E-state index contributed by atoms with van der Waals surface area (Å²) in [7, 11) is 4.45. The van der Waals surface area contributed by atoms with Gasteiger partial charge in [0.25, 0.3) is 5.91 Å². The Balaban J connectivity index is 1.98. The van der Waals surface area contributed by atoms with E-state index in [1.807, 2.05) is 0 Å². The normalized spacial score (nSPS) is 10.7.